The summed E-state index contributed by atoms with van der Waals surface area (Å²) in [5, 5.41) is 3.77. The van der Waals surface area contributed by atoms with Crippen LogP contribution in [0.2, 0.25) is 0 Å². The number of nitrogens with zero attached hydrogens (tertiary/aromatic N) is 2. The molecule has 0 atom stereocenters. The lowest BCUT2D eigenvalue weighted by atomic mass is 10.4. The lowest BCUT2D eigenvalue weighted by molar-refractivity contribution is 0.891. The van der Waals surface area contributed by atoms with E-state index in [1.54, 1.807) is 23.1 Å². The van der Waals surface area contributed by atoms with Crippen molar-refractivity contribution in [1.29, 1.82) is 0 Å². The van der Waals surface area contributed by atoms with E-state index in [2.05, 4.69) is 16.9 Å². The Morgan fingerprint density at radius 3 is 3.13 bits per heavy atom. The molecule has 0 saturated heterocycles. The van der Waals surface area contributed by atoms with E-state index in [4.69, 9.17) is 5.73 Å². The first kappa shape index (κ1) is 10.7. The molecule has 2 aromatic heterocycles. The second-order valence-corrected chi connectivity index (χ2v) is 5.19. The van der Waals surface area contributed by atoms with Crippen molar-refractivity contribution in [2.45, 2.75) is 24.9 Å². The molecule has 0 unspecified atom stereocenters. The van der Waals surface area contributed by atoms with Gasteiger partial charge in [0.05, 0.1) is 5.39 Å². The van der Waals surface area contributed by atoms with E-state index in [9.17, 15) is 0 Å². The highest BCUT2D eigenvalue weighted by Crippen LogP contribution is 2.26. The quantitative estimate of drug-likeness (QED) is 0.506. The summed E-state index contributed by atoms with van der Waals surface area (Å²) in [6.07, 6.45) is 2.39. The molecule has 5 heteroatoms. The average Bonchev–Trinajstić information content (AvgIpc) is 2.66. The van der Waals surface area contributed by atoms with E-state index in [1.165, 1.54) is 12.8 Å². The van der Waals surface area contributed by atoms with Gasteiger partial charge in [0, 0.05) is 5.75 Å². The molecule has 2 heterocycles. The van der Waals surface area contributed by atoms with Gasteiger partial charge in [-0.25, -0.2) is 9.97 Å². The van der Waals surface area contributed by atoms with Gasteiger partial charge in [0.25, 0.3) is 0 Å². The van der Waals surface area contributed by atoms with Gasteiger partial charge in [-0.05, 0) is 17.9 Å². The molecule has 0 bridgehead atoms. The summed E-state index contributed by atoms with van der Waals surface area (Å²) in [6, 6.07) is 1.97. The molecule has 0 spiro atoms. The van der Waals surface area contributed by atoms with Gasteiger partial charge < -0.3 is 5.73 Å². The molecule has 3 nitrogen and oxygen atoms in total. The van der Waals surface area contributed by atoms with E-state index in [1.807, 2.05) is 11.4 Å². The molecule has 0 fully saturated rings. The van der Waals surface area contributed by atoms with Crippen molar-refractivity contribution in [2.75, 3.05) is 11.5 Å². The van der Waals surface area contributed by atoms with Gasteiger partial charge in [-0.1, -0.05) is 25.1 Å². The van der Waals surface area contributed by atoms with Crippen molar-refractivity contribution in [2.24, 2.45) is 0 Å². The third-order valence-electron chi connectivity index (χ3n) is 2.06. The number of thiophene rings is 1. The Bertz CT molecular complexity index is 453. The van der Waals surface area contributed by atoms with Crippen LogP contribution >= 0.6 is 23.1 Å². The van der Waals surface area contributed by atoms with Gasteiger partial charge in [0.1, 0.15) is 10.6 Å². The summed E-state index contributed by atoms with van der Waals surface area (Å²) < 4.78 is 0. The van der Waals surface area contributed by atoms with Crippen LogP contribution in [0.25, 0.3) is 10.2 Å². The Morgan fingerprint density at radius 2 is 2.33 bits per heavy atom. The number of rotatable bonds is 4. The van der Waals surface area contributed by atoms with E-state index in [0.717, 1.165) is 21.1 Å². The number of hydrogen-bond donors (Lipinski definition) is 1. The highest BCUT2D eigenvalue weighted by Gasteiger charge is 2.05. The van der Waals surface area contributed by atoms with Crippen LogP contribution < -0.4 is 5.73 Å². The van der Waals surface area contributed by atoms with Crippen LogP contribution in [0, 0.1) is 0 Å². The molecule has 0 aliphatic carbocycles. The molecule has 0 aromatic carbocycles. The number of unbranched alkanes of at least 4 members (excludes halogenated alkanes) is 1. The van der Waals surface area contributed by atoms with Gasteiger partial charge in [-0.15, -0.1) is 11.3 Å². The topological polar surface area (TPSA) is 51.8 Å². The van der Waals surface area contributed by atoms with Gasteiger partial charge in [-0.3, -0.25) is 0 Å². The van der Waals surface area contributed by atoms with Crippen LogP contribution in [-0.2, 0) is 0 Å². The van der Waals surface area contributed by atoms with Gasteiger partial charge in [0.15, 0.2) is 5.16 Å². The smallest absolute Gasteiger partial charge is 0.190 e. The zero-order valence-corrected chi connectivity index (χ0v) is 10.2. The molecule has 0 saturated carbocycles. The molecule has 2 N–H and O–H groups in total. The first-order valence-electron chi connectivity index (χ1n) is 4.94. The molecule has 0 amide bonds. The van der Waals surface area contributed by atoms with Gasteiger partial charge in [0.2, 0.25) is 0 Å². The lowest BCUT2D eigenvalue weighted by Crippen LogP contribution is -1.95. The summed E-state index contributed by atoms with van der Waals surface area (Å²) in [5.41, 5.74) is 5.85. The maximum atomic E-state index is 5.85. The fourth-order valence-electron chi connectivity index (χ4n) is 1.23. The fraction of sp³-hybridized carbons (Fsp3) is 0.400. The van der Waals surface area contributed by atoms with E-state index >= 15 is 0 Å². The van der Waals surface area contributed by atoms with E-state index in [-0.39, 0.29) is 0 Å². The Balaban J connectivity index is 2.21. The van der Waals surface area contributed by atoms with Gasteiger partial charge in [-0.2, -0.15) is 0 Å². The summed E-state index contributed by atoms with van der Waals surface area (Å²) in [6.45, 7) is 2.18. The molecule has 80 valence electrons. The molecule has 0 aliphatic rings. The highest BCUT2D eigenvalue weighted by atomic mass is 32.2. The number of aromatic nitrogens is 2. The number of hydrogen-bond acceptors (Lipinski definition) is 5. The molecule has 15 heavy (non-hydrogen) atoms. The molecular formula is C10H13N3S2. The van der Waals surface area contributed by atoms with Crippen LogP contribution in [0.4, 0.5) is 5.82 Å². The summed E-state index contributed by atoms with van der Waals surface area (Å²) in [4.78, 5) is 9.73. The number of anilines is 1. The van der Waals surface area contributed by atoms with Crippen LogP contribution in [-0.4, -0.2) is 15.7 Å². The SMILES string of the molecule is CCCCSc1nc(N)c2ccsc2n1. The number of fused-ring (bicyclic) bond motifs is 1. The number of thioether (sulfide) groups is 1. The Labute approximate surface area is 97.1 Å². The predicted molar refractivity (Wildman–Crippen MR) is 67.5 cm³/mol. The maximum absolute atomic E-state index is 5.85. The standard InChI is InChI=1S/C10H13N3S2/c1-2-3-5-15-10-12-8(11)7-4-6-14-9(7)13-10/h4,6H,2-3,5H2,1H3,(H2,11,12,13). The third kappa shape index (κ3) is 2.41. The third-order valence-corrected chi connectivity index (χ3v) is 3.80. The molecule has 2 aromatic rings. The minimum atomic E-state index is 0.597. The molecule has 0 radical (unpaired) electrons. The van der Waals surface area contributed by atoms with Crippen LogP contribution in [0.5, 0.6) is 0 Å². The zero-order valence-electron chi connectivity index (χ0n) is 8.56. The Morgan fingerprint density at radius 1 is 1.47 bits per heavy atom. The molecule has 0 aliphatic heterocycles. The largest absolute Gasteiger partial charge is 0.383 e. The van der Waals surface area contributed by atoms with Crippen molar-refractivity contribution >= 4 is 39.1 Å². The van der Waals surface area contributed by atoms with Crippen LogP contribution in [0.15, 0.2) is 16.6 Å². The fourth-order valence-corrected chi connectivity index (χ4v) is 2.99. The monoisotopic (exact) mass is 239 g/mol. The summed E-state index contributed by atoms with van der Waals surface area (Å²) in [5.74, 6) is 1.66. The average molecular weight is 239 g/mol. The van der Waals surface area contributed by atoms with Crippen LogP contribution in [0.3, 0.4) is 0 Å². The van der Waals surface area contributed by atoms with Crippen molar-refractivity contribution in [3.63, 3.8) is 0 Å². The Hall–Kier alpha value is -0.810. The predicted octanol–water partition coefficient (Wildman–Crippen LogP) is 3.17. The minimum Gasteiger partial charge on any atom is -0.383 e. The minimum absolute atomic E-state index is 0.597. The first-order chi connectivity index (χ1) is 7.31. The first-order valence-corrected chi connectivity index (χ1v) is 6.81. The van der Waals surface area contributed by atoms with Crippen molar-refractivity contribution < 1.29 is 0 Å². The van der Waals surface area contributed by atoms with E-state index < -0.39 is 0 Å². The maximum Gasteiger partial charge on any atom is 0.190 e. The number of nitrogens with two attached hydrogens (primary N) is 1. The normalized spacial score (nSPS) is 11.0. The highest BCUT2D eigenvalue weighted by molar-refractivity contribution is 7.99. The van der Waals surface area contributed by atoms with Crippen LogP contribution in [0.1, 0.15) is 19.8 Å². The van der Waals surface area contributed by atoms with Crippen molar-refractivity contribution in [1.82, 2.24) is 9.97 Å². The number of nitrogen functional groups attached to an aromatic ring is 1. The van der Waals surface area contributed by atoms with E-state index in [0.29, 0.717) is 5.82 Å². The second-order valence-electron chi connectivity index (χ2n) is 3.23. The summed E-state index contributed by atoms with van der Waals surface area (Å²) >= 11 is 3.29. The summed E-state index contributed by atoms with van der Waals surface area (Å²) in [7, 11) is 0. The van der Waals surface area contributed by atoms with Crippen molar-refractivity contribution in [3.8, 4) is 0 Å². The molecule has 2 rings (SSSR count). The lowest BCUT2D eigenvalue weighted by Gasteiger charge is -2.01. The molecular weight excluding hydrogens is 226 g/mol. The zero-order chi connectivity index (χ0) is 10.7. The van der Waals surface area contributed by atoms with Crippen molar-refractivity contribution in [3.05, 3.63) is 11.4 Å². The Kier molecular flexibility index (Phi) is 3.43. The van der Waals surface area contributed by atoms with Gasteiger partial charge >= 0.3 is 0 Å². The second kappa shape index (κ2) is 4.81.